The van der Waals surface area contributed by atoms with Crippen molar-refractivity contribution in [3.63, 3.8) is 0 Å². The molecule has 0 radical (unpaired) electrons. The van der Waals surface area contributed by atoms with E-state index >= 15 is 0 Å². The van der Waals surface area contributed by atoms with E-state index in [9.17, 15) is 4.79 Å². The summed E-state index contributed by atoms with van der Waals surface area (Å²) < 4.78 is 2.55. The molecule has 0 atom stereocenters. The van der Waals surface area contributed by atoms with Crippen LogP contribution in [0.1, 0.15) is 16.1 Å². The molecule has 0 aliphatic rings. The number of hydrogen-bond acceptors (Lipinski definition) is 2. The smallest absolute Gasteiger partial charge is 0.356 e. The van der Waals surface area contributed by atoms with Crippen LogP contribution in [0.2, 0.25) is 0 Å². The number of carboxylic acids is 1. The highest BCUT2D eigenvalue weighted by molar-refractivity contribution is 9.10. The van der Waals surface area contributed by atoms with Crippen LogP contribution in [0.5, 0.6) is 0 Å². The summed E-state index contributed by atoms with van der Waals surface area (Å²) in [4.78, 5) is 10.7. The van der Waals surface area contributed by atoms with Crippen LogP contribution in [-0.4, -0.2) is 20.9 Å². The summed E-state index contributed by atoms with van der Waals surface area (Å²) in [5.41, 5.74) is 1.94. The molecule has 16 heavy (non-hydrogen) atoms. The second kappa shape index (κ2) is 4.09. The van der Waals surface area contributed by atoms with Gasteiger partial charge in [-0.05, 0) is 36.8 Å². The van der Waals surface area contributed by atoms with Crippen molar-refractivity contribution >= 4 is 21.9 Å². The fourth-order valence-electron chi connectivity index (χ4n) is 1.45. The van der Waals surface area contributed by atoms with Gasteiger partial charge in [0, 0.05) is 10.7 Å². The Kier molecular flexibility index (Phi) is 2.78. The van der Waals surface area contributed by atoms with Crippen molar-refractivity contribution in [3.05, 3.63) is 46.2 Å². The first-order valence-corrected chi connectivity index (χ1v) is 5.43. The summed E-state index contributed by atoms with van der Waals surface area (Å²) in [5.74, 6) is -1.02. The Morgan fingerprint density at radius 2 is 2.19 bits per heavy atom. The van der Waals surface area contributed by atoms with E-state index in [-0.39, 0.29) is 5.69 Å². The molecular formula is C11H9BrN2O2. The van der Waals surface area contributed by atoms with Gasteiger partial charge in [0.15, 0.2) is 5.69 Å². The van der Waals surface area contributed by atoms with Crippen molar-refractivity contribution in [2.24, 2.45) is 0 Å². The molecule has 0 aliphatic carbocycles. The van der Waals surface area contributed by atoms with Crippen molar-refractivity contribution < 1.29 is 9.90 Å². The average molecular weight is 281 g/mol. The van der Waals surface area contributed by atoms with Gasteiger partial charge in [-0.2, -0.15) is 5.10 Å². The predicted molar refractivity (Wildman–Crippen MR) is 63.0 cm³/mol. The summed E-state index contributed by atoms with van der Waals surface area (Å²) in [7, 11) is 0. The Balaban J connectivity index is 2.46. The van der Waals surface area contributed by atoms with Crippen LogP contribution in [-0.2, 0) is 0 Å². The van der Waals surface area contributed by atoms with Gasteiger partial charge in [-0.1, -0.05) is 15.9 Å². The van der Waals surface area contributed by atoms with Crippen molar-refractivity contribution in [1.29, 1.82) is 0 Å². The zero-order valence-electron chi connectivity index (χ0n) is 8.51. The van der Waals surface area contributed by atoms with E-state index in [2.05, 4.69) is 21.0 Å². The van der Waals surface area contributed by atoms with Crippen molar-refractivity contribution in [3.8, 4) is 5.69 Å². The van der Waals surface area contributed by atoms with Gasteiger partial charge in [0.25, 0.3) is 0 Å². The predicted octanol–water partition coefficient (Wildman–Crippen LogP) is 2.64. The van der Waals surface area contributed by atoms with Gasteiger partial charge in [-0.3, -0.25) is 0 Å². The Labute approximate surface area is 101 Å². The molecule has 4 nitrogen and oxygen atoms in total. The lowest BCUT2D eigenvalue weighted by Gasteiger charge is -2.05. The number of carboxylic acid groups (broad SMARTS) is 1. The lowest BCUT2D eigenvalue weighted by Crippen LogP contribution is -2.02. The quantitative estimate of drug-likeness (QED) is 0.920. The SMILES string of the molecule is Cc1cc(Br)ccc1-n1ccc(C(=O)O)n1. The lowest BCUT2D eigenvalue weighted by molar-refractivity contribution is 0.0690. The minimum atomic E-state index is -1.02. The van der Waals surface area contributed by atoms with E-state index in [1.54, 1.807) is 10.9 Å². The highest BCUT2D eigenvalue weighted by atomic mass is 79.9. The number of aromatic carboxylic acids is 1. The first kappa shape index (κ1) is 10.9. The molecule has 1 heterocycles. The number of carbonyl (C=O) groups is 1. The summed E-state index contributed by atoms with van der Waals surface area (Å²) in [6.07, 6.45) is 1.64. The molecule has 0 saturated heterocycles. The third-order valence-electron chi connectivity index (χ3n) is 2.21. The molecule has 0 bridgehead atoms. The van der Waals surface area contributed by atoms with Crippen LogP contribution >= 0.6 is 15.9 Å². The number of rotatable bonds is 2. The summed E-state index contributed by atoms with van der Waals surface area (Å²) in [6, 6.07) is 7.21. The van der Waals surface area contributed by atoms with E-state index < -0.39 is 5.97 Å². The van der Waals surface area contributed by atoms with Gasteiger partial charge in [0.2, 0.25) is 0 Å². The van der Waals surface area contributed by atoms with Gasteiger partial charge in [-0.15, -0.1) is 0 Å². The molecular weight excluding hydrogens is 272 g/mol. The Morgan fingerprint density at radius 1 is 1.44 bits per heavy atom. The fraction of sp³-hybridized carbons (Fsp3) is 0.0909. The first-order chi connectivity index (χ1) is 7.58. The molecule has 82 valence electrons. The van der Waals surface area contributed by atoms with Crippen LogP contribution in [0.4, 0.5) is 0 Å². The first-order valence-electron chi connectivity index (χ1n) is 4.63. The highest BCUT2D eigenvalue weighted by Gasteiger charge is 2.08. The topological polar surface area (TPSA) is 55.1 Å². The Bertz CT molecular complexity index is 549. The minimum absolute atomic E-state index is 0.0438. The number of benzene rings is 1. The number of aromatic nitrogens is 2. The molecule has 1 N–H and O–H groups in total. The molecule has 2 rings (SSSR count). The molecule has 2 aromatic rings. The molecule has 0 unspecified atom stereocenters. The number of hydrogen-bond donors (Lipinski definition) is 1. The molecule has 5 heteroatoms. The van der Waals surface area contributed by atoms with Crippen LogP contribution in [0.3, 0.4) is 0 Å². The maximum atomic E-state index is 10.7. The normalized spacial score (nSPS) is 10.4. The van der Waals surface area contributed by atoms with Crippen molar-refractivity contribution in [1.82, 2.24) is 9.78 Å². The third kappa shape index (κ3) is 1.99. The second-order valence-corrected chi connectivity index (χ2v) is 4.30. The van der Waals surface area contributed by atoms with Crippen LogP contribution < -0.4 is 0 Å². The third-order valence-corrected chi connectivity index (χ3v) is 2.71. The maximum absolute atomic E-state index is 10.7. The van der Waals surface area contributed by atoms with Crippen molar-refractivity contribution in [2.75, 3.05) is 0 Å². The van der Waals surface area contributed by atoms with Crippen LogP contribution in [0.25, 0.3) is 5.69 Å². The van der Waals surface area contributed by atoms with E-state index in [1.807, 2.05) is 25.1 Å². The highest BCUT2D eigenvalue weighted by Crippen LogP contribution is 2.18. The monoisotopic (exact) mass is 280 g/mol. The molecule has 0 fully saturated rings. The summed E-state index contributed by atoms with van der Waals surface area (Å²) >= 11 is 3.37. The molecule has 1 aromatic heterocycles. The zero-order chi connectivity index (χ0) is 11.7. The average Bonchev–Trinajstić information content (AvgIpc) is 2.66. The minimum Gasteiger partial charge on any atom is -0.476 e. The molecule has 1 aromatic carbocycles. The number of halogens is 1. The Morgan fingerprint density at radius 3 is 2.75 bits per heavy atom. The Hall–Kier alpha value is -1.62. The molecule has 0 aliphatic heterocycles. The zero-order valence-corrected chi connectivity index (χ0v) is 10.1. The standard InChI is InChI=1S/C11H9BrN2O2/c1-7-6-8(12)2-3-10(7)14-5-4-9(13-14)11(15)16/h2-6H,1H3,(H,15,16). The van der Waals surface area contributed by atoms with Gasteiger partial charge in [0.1, 0.15) is 0 Å². The summed E-state index contributed by atoms with van der Waals surface area (Å²) in [5, 5.41) is 12.7. The lowest BCUT2D eigenvalue weighted by atomic mass is 10.2. The van der Waals surface area contributed by atoms with Gasteiger partial charge >= 0.3 is 5.97 Å². The molecule has 0 spiro atoms. The van der Waals surface area contributed by atoms with E-state index in [0.717, 1.165) is 15.7 Å². The maximum Gasteiger partial charge on any atom is 0.356 e. The number of aryl methyl sites for hydroxylation is 1. The van der Waals surface area contributed by atoms with E-state index in [4.69, 9.17) is 5.11 Å². The van der Waals surface area contributed by atoms with Gasteiger partial charge < -0.3 is 5.11 Å². The van der Waals surface area contributed by atoms with Crippen LogP contribution in [0.15, 0.2) is 34.9 Å². The summed E-state index contributed by atoms with van der Waals surface area (Å²) in [6.45, 7) is 1.95. The van der Waals surface area contributed by atoms with Crippen LogP contribution in [0, 0.1) is 6.92 Å². The van der Waals surface area contributed by atoms with E-state index in [0.29, 0.717) is 0 Å². The molecule has 0 amide bonds. The molecule has 0 saturated carbocycles. The second-order valence-electron chi connectivity index (χ2n) is 3.38. The van der Waals surface area contributed by atoms with Crippen molar-refractivity contribution in [2.45, 2.75) is 6.92 Å². The largest absolute Gasteiger partial charge is 0.476 e. The number of nitrogens with zero attached hydrogens (tertiary/aromatic N) is 2. The van der Waals surface area contributed by atoms with Gasteiger partial charge in [-0.25, -0.2) is 9.48 Å². The fourth-order valence-corrected chi connectivity index (χ4v) is 1.92. The van der Waals surface area contributed by atoms with Gasteiger partial charge in [0.05, 0.1) is 5.69 Å². The van der Waals surface area contributed by atoms with E-state index in [1.165, 1.54) is 6.07 Å².